The third-order valence-electron chi connectivity index (χ3n) is 3.50. The SMILES string of the molecule is ClCCCC1CCCN1Cc1ccccc1Br. The summed E-state index contributed by atoms with van der Waals surface area (Å²) in [6, 6.07) is 9.26. The Hall–Kier alpha value is -0.0500. The summed E-state index contributed by atoms with van der Waals surface area (Å²) in [6.45, 7) is 2.29. The number of nitrogens with zero attached hydrogens (tertiary/aromatic N) is 1. The molecule has 1 heterocycles. The molecule has 0 saturated carbocycles. The predicted molar refractivity (Wildman–Crippen MR) is 77.5 cm³/mol. The van der Waals surface area contributed by atoms with Gasteiger partial charge in [-0.1, -0.05) is 34.1 Å². The highest BCUT2D eigenvalue weighted by Crippen LogP contribution is 2.26. The summed E-state index contributed by atoms with van der Waals surface area (Å²) in [7, 11) is 0. The zero-order chi connectivity index (χ0) is 12.1. The quantitative estimate of drug-likeness (QED) is 0.726. The lowest BCUT2D eigenvalue weighted by Gasteiger charge is -2.24. The van der Waals surface area contributed by atoms with Gasteiger partial charge in [0.15, 0.2) is 0 Å². The maximum atomic E-state index is 5.79. The van der Waals surface area contributed by atoms with Crippen molar-refractivity contribution in [3.05, 3.63) is 34.3 Å². The fourth-order valence-electron chi connectivity index (χ4n) is 2.59. The number of likely N-dealkylation sites (tertiary alicyclic amines) is 1. The van der Waals surface area contributed by atoms with Crippen LogP contribution >= 0.6 is 27.5 Å². The van der Waals surface area contributed by atoms with Gasteiger partial charge in [-0.2, -0.15) is 0 Å². The molecule has 1 saturated heterocycles. The van der Waals surface area contributed by atoms with Crippen LogP contribution < -0.4 is 0 Å². The zero-order valence-corrected chi connectivity index (χ0v) is 12.4. The molecule has 1 aliphatic heterocycles. The first-order valence-electron chi connectivity index (χ1n) is 6.34. The van der Waals surface area contributed by atoms with Crippen molar-refractivity contribution in [2.75, 3.05) is 12.4 Å². The van der Waals surface area contributed by atoms with Gasteiger partial charge in [-0.3, -0.25) is 4.90 Å². The summed E-state index contributed by atoms with van der Waals surface area (Å²) in [4.78, 5) is 2.60. The minimum Gasteiger partial charge on any atom is -0.296 e. The fourth-order valence-corrected chi connectivity index (χ4v) is 3.15. The van der Waals surface area contributed by atoms with Gasteiger partial charge in [0, 0.05) is 22.9 Å². The second kappa shape index (κ2) is 6.77. The highest BCUT2D eigenvalue weighted by molar-refractivity contribution is 9.10. The monoisotopic (exact) mass is 315 g/mol. The van der Waals surface area contributed by atoms with Crippen LogP contribution in [0, 0.1) is 0 Å². The fraction of sp³-hybridized carbons (Fsp3) is 0.571. The standard InChI is InChI=1S/C14H19BrClN/c15-14-8-2-1-5-12(14)11-17-10-4-7-13(17)6-3-9-16/h1-2,5,8,13H,3-4,6-7,9-11H2. The smallest absolute Gasteiger partial charge is 0.0247 e. The van der Waals surface area contributed by atoms with Crippen molar-refractivity contribution < 1.29 is 0 Å². The second-order valence-corrected chi connectivity index (χ2v) is 5.92. The van der Waals surface area contributed by atoms with Crippen LogP contribution in [-0.2, 0) is 6.54 Å². The van der Waals surface area contributed by atoms with E-state index in [1.807, 2.05) is 0 Å². The maximum Gasteiger partial charge on any atom is 0.0247 e. The highest BCUT2D eigenvalue weighted by atomic mass is 79.9. The van der Waals surface area contributed by atoms with Crippen LogP contribution in [0.5, 0.6) is 0 Å². The minimum absolute atomic E-state index is 0.737. The van der Waals surface area contributed by atoms with Crippen molar-refractivity contribution in [1.29, 1.82) is 0 Å². The Morgan fingerprint density at radius 2 is 2.18 bits per heavy atom. The topological polar surface area (TPSA) is 3.24 Å². The number of rotatable bonds is 5. The van der Waals surface area contributed by atoms with E-state index in [9.17, 15) is 0 Å². The number of alkyl halides is 1. The van der Waals surface area contributed by atoms with Crippen LogP contribution in [0.3, 0.4) is 0 Å². The van der Waals surface area contributed by atoms with Crippen molar-refractivity contribution in [2.45, 2.75) is 38.3 Å². The Kier molecular flexibility index (Phi) is 5.33. The molecule has 1 atom stereocenters. The van der Waals surface area contributed by atoms with Crippen molar-refractivity contribution in [3.63, 3.8) is 0 Å². The van der Waals surface area contributed by atoms with E-state index in [0.717, 1.165) is 24.9 Å². The van der Waals surface area contributed by atoms with E-state index in [2.05, 4.69) is 45.1 Å². The molecule has 0 amide bonds. The minimum atomic E-state index is 0.737. The van der Waals surface area contributed by atoms with Crippen molar-refractivity contribution >= 4 is 27.5 Å². The van der Waals surface area contributed by atoms with E-state index >= 15 is 0 Å². The van der Waals surface area contributed by atoms with E-state index in [0.29, 0.717) is 0 Å². The molecular formula is C14H19BrClN. The molecule has 1 fully saturated rings. The molecule has 0 aromatic heterocycles. The molecule has 0 radical (unpaired) electrons. The molecule has 1 aliphatic rings. The predicted octanol–water partition coefficient (Wildman–Crippen LogP) is 4.43. The van der Waals surface area contributed by atoms with Crippen molar-refractivity contribution in [1.82, 2.24) is 4.90 Å². The molecule has 1 nitrogen and oxygen atoms in total. The molecular weight excluding hydrogens is 298 g/mol. The lowest BCUT2D eigenvalue weighted by atomic mass is 10.1. The average molecular weight is 317 g/mol. The van der Waals surface area contributed by atoms with Crippen LogP contribution in [0.1, 0.15) is 31.2 Å². The molecule has 1 unspecified atom stereocenters. The summed E-state index contributed by atoms with van der Waals surface area (Å²) in [6.07, 6.45) is 5.05. The van der Waals surface area contributed by atoms with E-state index < -0.39 is 0 Å². The van der Waals surface area contributed by atoms with Gasteiger partial charge < -0.3 is 0 Å². The van der Waals surface area contributed by atoms with Gasteiger partial charge in [0.25, 0.3) is 0 Å². The Morgan fingerprint density at radius 3 is 2.94 bits per heavy atom. The van der Waals surface area contributed by atoms with Gasteiger partial charge in [-0.15, -0.1) is 11.6 Å². The van der Waals surface area contributed by atoms with Gasteiger partial charge in [0.1, 0.15) is 0 Å². The molecule has 17 heavy (non-hydrogen) atoms. The number of hydrogen-bond acceptors (Lipinski definition) is 1. The zero-order valence-electron chi connectivity index (χ0n) is 10.0. The first-order chi connectivity index (χ1) is 8.31. The summed E-state index contributed by atoms with van der Waals surface area (Å²) < 4.78 is 1.22. The van der Waals surface area contributed by atoms with Gasteiger partial charge in [-0.25, -0.2) is 0 Å². The van der Waals surface area contributed by atoms with Crippen LogP contribution in [0.2, 0.25) is 0 Å². The van der Waals surface area contributed by atoms with E-state index in [1.165, 1.54) is 35.8 Å². The largest absolute Gasteiger partial charge is 0.296 e. The molecule has 2 rings (SSSR count). The number of benzene rings is 1. The average Bonchev–Trinajstić information content (AvgIpc) is 2.77. The Labute approximate surface area is 117 Å². The number of halogens is 2. The van der Waals surface area contributed by atoms with E-state index in [4.69, 9.17) is 11.6 Å². The lowest BCUT2D eigenvalue weighted by molar-refractivity contribution is 0.233. The van der Waals surface area contributed by atoms with Crippen LogP contribution in [0.4, 0.5) is 0 Å². The van der Waals surface area contributed by atoms with Crippen LogP contribution in [0.25, 0.3) is 0 Å². The molecule has 0 spiro atoms. The molecule has 0 aliphatic carbocycles. The van der Waals surface area contributed by atoms with Gasteiger partial charge in [0.05, 0.1) is 0 Å². The van der Waals surface area contributed by atoms with E-state index in [1.54, 1.807) is 0 Å². The molecule has 1 aromatic rings. The lowest BCUT2D eigenvalue weighted by Crippen LogP contribution is -2.29. The molecule has 94 valence electrons. The summed E-state index contributed by atoms with van der Waals surface area (Å²) in [5, 5.41) is 0. The second-order valence-electron chi connectivity index (χ2n) is 4.69. The third kappa shape index (κ3) is 3.70. The third-order valence-corrected chi connectivity index (χ3v) is 4.54. The highest BCUT2D eigenvalue weighted by Gasteiger charge is 2.24. The maximum absolute atomic E-state index is 5.79. The van der Waals surface area contributed by atoms with E-state index in [-0.39, 0.29) is 0 Å². The van der Waals surface area contributed by atoms with Gasteiger partial charge in [-0.05, 0) is 43.9 Å². The Balaban J connectivity index is 1.95. The van der Waals surface area contributed by atoms with Gasteiger partial charge >= 0.3 is 0 Å². The summed E-state index contributed by atoms with van der Waals surface area (Å²) >= 11 is 9.42. The first kappa shape index (κ1) is 13.4. The molecule has 3 heteroatoms. The van der Waals surface area contributed by atoms with Gasteiger partial charge in [0.2, 0.25) is 0 Å². The summed E-state index contributed by atoms with van der Waals surface area (Å²) in [5.74, 6) is 0.791. The first-order valence-corrected chi connectivity index (χ1v) is 7.67. The normalized spacial score (nSPS) is 20.9. The Bertz CT molecular complexity index is 356. The van der Waals surface area contributed by atoms with Crippen molar-refractivity contribution in [3.8, 4) is 0 Å². The molecule has 0 N–H and O–H groups in total. The van der Waals surface area contributed by atoms with Crippen LogP contribution in [-0.4, -0.2) is 23.4 Å². The molecule has 0 bridgehead atoms. The van der Waals surface area contributed by atoms with Crippen LogP contribution in [0.15, 0.2) is 28.7 Å². The summed E-state index contributed by atoms with van der Waals surface area (Å²) in [5.41, 5.74) is 1.39. The Morgan fingerprint density at radius 1 is 1.35 bits per heavy atom. The van der Waals surface area contributed by atoms with Crippen molar-refractivity contribution in [2.24, 2.45) is 0 Å². The molecule has 1 aromatic carbocycles. The number of hydrogen-bond donors (Lipinski definition) is 0.